The van der Waals surface area contributed by atoms with Crippen molar-refractivity contribution in [1.29, 1.82) is 0 Å². The topological polar surface area (TPSA) is 51.0 Å². The number of aromatic nitrogens is 2. The molecule has 0 radical (unpaired) electrons. The highest BCUT2D eigenvalue weighted by Crippen LogP contribution is 2.24. The van der Waals surface area contributed by atoms with E-state index in [1.54, 1.807) is 0 Å². The average Bonchev–Trinajstić information content (AvgIpc) is 2.92. The van der Waals surface area contributed by atoms with Gasteiger partial charge >= 0.3 is 0 Å². The smallest absolute Gasteiger partial charge is 0.229 e. The molecular weight excluding hydrogens is 264 g/mol. The Morgan fingerprint density at radius 1 is 1.25 bits per heavy atom. The Labute approximate surface area is 115 Å². The number of benzene rings is 1. The minimum absolute atomic E-state index is 0.209. The molecule has 6 heteroatoms. The van der Waals surface area contributed by atoms with Gasteiger partial charge in [0.05, 0.1) is 0 Å². The van der Waals surface area contributed by atoms with Gasteiger partial charge in [-0.25, -0.2) is 8.78 Å². The third kappa shape index (κ3) is 2.85. The summed E-state index contributed by atoms with van der Waals surface area (Å²) in [6.07, 6.45) is 2.14. The Kier molecular flexibility index (Phi) is 3.73. The molecule has 0 amide bonds. The van der Waals surface area contributed by atoms with E-state index in [0.29, 0.717) is 17.3 Å². The monoisotopic (exact) mass is 279 g/mol. The average molecular weight is 279 g/mol. The molecule has 0 spiro atoms. The second-order valence-corrected chi connectivity index (χ2v) is 4.99. The highest BCUT2D eigenvalue weighted by Gasteiger charge is 2.21. The van der Waals surface area contributed by atoms with Crippen LogP contribution in [0.5, 0.6) is 0 Å². The molecule has 1 aromatic heterocycles. The second kappa shape index (κ2) is 5.66. The maximum absolute atomic E-state index is 13.6. The fraction of sp³-hybridized carbons (Fsp3) is 0.429. The normalized spacial score (nSPS) is 16.5. The van der Waals surface area contributed by atoms with E-state index in [4.69, 9.17) is 4.52 Å². The van der Waals surface area contributed by atoms with Crippen LogP contribution >= 0.6 is 0 Å². The fourth-order valence-electron chi connectivity index (χ4n) is 2.41. The van der Waals surface area contributed by atoms with Gasteiger partial charge < -0.3 is 9.84 Å². The summed E-state index contributed by atoms with van der Waals surface area (Å²) >= 11 is 0. The van der Waals surface area contributed by atoms with Crippen LogP contribution in [0.1, 0.15) is 36.0 Å². The standard InChI is InChI=1S/C14H15F2N3O/c15-11-2-1-10(12(16)8-11)7-13-18-14(20-19-13)9-3-5-17-6-4-9/h1-2,8-9,17H,3-7H2. The van der Waals surface area contributed by atoms with Gasteiger partial charge in [0.15, 0.2) is 5.82 Å². The molecule has 1 aromatic carbocycles. The van der Waals surface area contributed by atoms with Crippen LogP contribution in [-0.2, 0) is 6.42 Å². The Bertz CT molecular complexity index is 594. The number of piperidine rings is 1. The number of hydrogen-bond donors (Lipinski definition) is 1. The summed E-state index contributed by atoms with van der Waals surface area (Å²) in [6, 6.07) is 3.50. The number of rotatable bonds is 3. The molecule has 1 aliphatic rings. The van der Waals surface area contributed by atoms with Crippen LogP contribution in [0, 0.1) is 11.6 Å². The lowest BCUT2D eigenvalue weighted by Crippen LogP contribution is -2.26. The minimum atomic E-state index is -0.588. The zero-order valence-electron chi connectivity index (χ0n) is 10.9. The van der Waals surface area contributed by atoms with E-state index < -0.39 is 11.6 Å². The lowest BCUT2D eigenvalue weighted by atomic mass is 9.98. The van der Waals surface area contributed by atoms with Crippen molar-refractivity contribution in [2.45, 2.75) is 25.2 Å². The van der Waals surface area contributed by atoms with Crippen LogP contribution in [0.4, 0.5) is 8.78 Å². The summed E-state index contributed by atoms with van der Waals surface area (Å²) in [7, 11) is 0. The Hall–Kier alpha value is -1.82. The van der Waals surface area contributed by atoms with Crippen molar-refractivity contribution in [1.82, 2.24) is 15.5 Å². The summed E-state index contributed by atoms with van der Waals surface area (Å²) in [5, 5.41) is 7.15. The van der Waals surface area contributed by atoms with Crippen LogP contribution < -0.4 is 5.32 Å². The second-order valence-electron chi connectivity index (χ2n) is 4.99. The fourth-order valence-corrected chi connectivity index (χ4v) is 2.41. The molecule has 0 aliphatic carbocycles. The molecule has 1 fully saturated rings. The number of hydrogen-bond acceptors (Lipinski definition) is 4. The van der Waals surface area contributed by atoms with Gasteiger partial charge in [-0.1, -0.05) is 11.2 Å². The molecular formula is C14H15F2N3O. The zero-order chi connectivity index (χ0) is 13.9. The first kappa shape index (κ1) is 13.2. The molecule has 106 valence electrons. The van der Waals surface area contributed by atoms with E-state index in [2.05, 4.69) is 15.5 Å². The summed E-state index contributed by atoms with van der Waals surface area (Å²) < 4.78 is 31.7. The van der Waals surface area contributed by atoms with Gasteiger partial charge in [0.1, 0.15) is 11.6 Å². The van der Waals surface area contributed by atoms with Crippen molar-refractivity contribution in [2.75, 3.05) is 13.1 Å². The first-order valence-corrected chi connectivity index (χ1v) is 6.69. The Balaban J connectivity index is 1.73. The lowest BCUT2D eigenvalue weighted by Gasteiger charge is -2.18. The summed E-state index contributed by atoms with van der Waals surface area (Å²) in [5.74, 6) is 0.150. The van der Waals surface area contributed by atoms with Gasteiger partial charge in [-0.05, 0) is 37.6 Å². The van der Waals surface area contributed by atoms with E-state index in [1.807, 2.05) is 0 Å². The minimum Gasteiger partial charge on any atom is -0.339 e. The molecule has 0 saturated carbocycles. The maximum atomic E-state index is 13.6. The summed E-state index contributed by atoms with van der Waals surface area (Å²) in [6.45, 7) is 1.88. The number of nitrogens with zero attached hydrogens (tertiary/aromatic N) is 2. The van der Waals surface area contributed by atoms with Gasteiger partial charge in [0, 0.05) is 18.4 Å². The molecule has 20 heavy (non-hydrogen) atoms. The van der Waals surface area contributed by atoms with Gasteiger partial charge in [0.2, 0.25) is 5.89 Å². The molecule has 1 aliphatic heterocycles. The van der Waals surface area contributed by atoms with Gasteiger partial charge in [-0.2, -0.15) is 4.98 Å². The highest BCUT2D eigenvalue weighted by molar-refractivity contribution is 5.21. The third-order valence-electron chi connectivity index (χ3n) is 3.54. The van der Waals surface area contributed by atoms with E-state index in [9.17, 15) is 8.78 Å². The molecule has 3 rings (SSSR count). The van der Waals surface area contributed by atoms with Crippen LogP contribution in [0.2, 0.25) is 0 Å². The van der Waals surface area contributed by atoms with Crippen LogP contribution in [0.15, 0.2) is 22.7 Å². The first-order valence-electron chi connectivity index (χ1n) is 6.69. The SMILES string of the molecule is Fc1ccc(Cc2noc(C3CCNCC3)n2)c(F)c1. The predicted molar refractivity (Wildman–Crippen MR) is 68.3 cm³/mol. The van der Waals surface area contributed by atoms with Gasteiger partial charge in [-0.3, -0.25) is 0 Å². The molecule has 2 heterocycles. The van der Waals surface area contributed by atoms with Crippen LogP contribution in [-0.4, -0.2) is 23.2 Å². The van der Waals surface area contributed by atoms with Gasteiger partial charge in [-0.15, -0.1) is 0 Å². The van der Waals surface area contributed by atoms with E-state index in [-0.39, 0.29) is 12.3 Å². The molecule has 2 aromatic rings. The van der Waals surface area contributed by atoms with Gasteiger partial charge in [0.25, 0.3) is 0 Å². The molecule has 1 N–H and O–H groups in total. The van der Waals surface area contributed by atoms with Crippen molar-refractivity contribution in [3.05, 3.63) is 47.1 Å². The zero-order valence-corrected chi connectivity index (χ0v) is 10.9. The van der Waals surface area contributed by atoms with E-state index >= 15 is 0 Å². The van der Waals surface area contributed by atoms with Crippen molar-refractivity contribution >= 4 is 0 Å². The van der Waals surface area contributed by atoms with Crippen molar-refractivity contribution < 1.29 is 13.3 Å². The maximum Gasteiger partial charge on any atom is 0.229 e. The molecule has 0 atom stereocenters. The Morgan fingerprint density at radius 3 is 2.80 bits per heavy atom. The number of nitrogens with one attached hydrogen (secondary N) is 1. The largest absolute Gasteiger partial charge is 0.339 e. The lowest BCUT2D eigenvalue weighted by molar-refractivity contribution is 0.318. The van der Waals surface area contributed by atoms with E-state index in [0.717, 1.165) is 32.0 Å². The van der Waals surface area contributed by atoms with Crippen molar-refractivity contribution in [3.8, 4) is 0 Å². The first-order chi connectivity index (χ1) is 9.72. The molecule has 1 saturated heterocycles. The molecule has 0 unspecified atom stereocenters. The molecule has 0 bridgehead atoms. The van der Waals surface area contributed by atoms with Crippen LogP contribution in [0.3, 0.4) is 0 Å². The number of halogens is 2. The highest BCUT2D eigenvalue weighted by atomic mass is 19.1. The third-order valence-corrected chi connectivity index (χ3v) is 3.54. The van der Waals surface area contributed by atoms with Crippen molar-refractivity contribution in [3.63, 3.8) is 0 Å². The Morgan fingerprint density at radius 2 is 2.05 bits per heavy atom. The summed E-state index contributed by atoms with van der Waals surface area (Å²) in [5.41, 5.74) is 0.365. The van der Waals surface area contributed by atoms with E-state index in [1.165, 1.54) is 12.1 Å². The molecule has 4 nitrogen and oxygen atoms in total. The quantitative estimate of drug-likeness (QED) is 0.937. The predicted octanol–water partition coefficient (Wildman–Crippen LogP) is 2.41. The summed E-state index contributed by atoms with van der Waals surface area (Å²) in [4.78, 5) is 4.33. The van der Waals surface area contributed by atoms with Crippen LogP contribution in [0.25, 0.3) is 0 Å². The van der Waals surface area contributed by atoms with Crippen molar-refractivity contribution in [2.24, 2.45) is 0 Å².